The van der Waals surface area contributed by atoms with Gasteiger partial charge in [0.25, 0.3) is 0 Å². The van der Waals surface area contributed by atoms with Crippen molar-refractivity contribution in [3.63, 3.8) is 0 Å². The summed E-state index contributed by atoms with van der Waals surface area (Å²) in [6.45, 7) is 12.3. The molecular weight excluding hydrogens is 174 g/mol. The van der Waals surface area contributed by atoms with Crippen LogP contribution in [0.25, 0.3) is 0 Å². The summed E-state index contributed by atoms with van der Waals surface area (Å²) >= 11 is 0. The molecule has 0 aromatic heterocycles. The third-order valence-corrected chi connectivity index (χ3v) is 2.62. The maximum Gasteiger partial charge on any atom is 0.223 e. The van der Waals surface area contributed by atoms with Crippen LogP contribution in [0, 0.1) is 11.3 Å². The normalized spacial score (nSPS) is 17.9. The fourth-order valence-corrected chi connectivity index (χ4v) is 0.947. The summed E-state index contributed by atoms with van der Waals surface area (Å²) in [6, 6.07) is 0.488. The largest absolute Gasteiger partial charge is 0.353 e. The Morgan fingerprint density at radius 1 is 1.29 bits per heavy atom. The molecule has 0 aromatic carbocycles. The molecule has 0 aliphatic heterocycles. The highest BCUT2D eigenvalue weighted by Crippen LogP contribution is 2.27. The second kappa shape index (κ2) is 5.38. The fourth-order valence-electron chi connectivity index (χ4n) is 0.947. The number of carbonyl (C=O) groups excluding carboxylic acids is 1. The van der Waals surface area contributed by atoms with Gasteiger partial charge in [-0.3, -0.25) is 4.79 Å². The quantitative estimate of drug-likeness (QED) is 0.728. The Kier molecular flexibility index (Phi) is 5.17. The minimum absolute atomic E-state index is 0.0823. The second-order valence-electron chi connectivity index (χ2n) is 4.87. The number of amides is 1. The molecule has 2 nitrogen and oxygen atoms in total. The maximum atomic E-state index is 11.5. The lowest BCUT2D eigenvalue weighted by Crippen LogP contribution is -2.37. The third kappa shape index (κ3) is 4.64. The molecule has 84 valence electrons. The summed E-state index contributed by atoms with van der Waals surface area (Å²) < 4.78 is 0. The molecule has 14 heavy (non-hydrogen) atoms. The summed E-state index contributed by atoms with van der Waals surface area (Å²) in [5.41, 5.74) is 0.0823. The van der Waals surface area contributed by atoms with Gasteiger partial charge in [0.05, 0.1) is 0 Å². The van der Waals surface area contributed by atoms with Crippen LogP contribution < -0.4 is 5.32 Å². The molecule has 1 saturated carbocycles. The highest BCUT2D eigenvalue weighted by Gasteiger charge is 2.30. The van der Waals surface area contributed by atoms with Crippen LogP contribution in [0.1, 0.15) is 54.4 Å². The molecule has 2 heteroatoms. The standard InChI is InChI=1S/C10H19NO.C2H6/c1-7(10(2,3)4)9(12)11-8-5-6-8;1-2/h7-8H,5-6H2,1-4H3,(H,11,12);1-2H3. The smallest absolute Gasteiger partial charge is 0.223 e. The Morgan fingerprint density at radius 3 is 2.00 bits per heavy atom. The predicted molar refractivity (Wildman–Crippen MR) is 61.1 cm³/mol. The van der Waals surface area contributed by atoms with Gasteiger partial charge in [0.2, 0.25) is 5.91 Å². The van der Waals surface area contributed by atoms with Gasteiger partial charge in [0.1, 0.15) is 0 Å². The van der Waals surface area contributed by atoms with Gasteiger partial charge in [-0.2, -0.15) is 0 Å². The SMILES string of the molecule is CC.CC(C(=O)NC1CC1)C(C)(C)C. The Hall–Kier alpha value is -0.530. The van der Waals surface area contributed by atoms with Crippen molar-refractivity contribution in [1.29, 1.82) is 0 Å². The molecule has 0 heterocycles. The molecule has 0 spiro atoms. The Bertz CT molecular complexity index is 177. The number of nitrogens with one attached hydrogen (secondary N) is 1. The first-order valence-electron chi connectivity index (χ1n) is 5.71. The van der Waals surface area contributed by atoms with Gasteiger partial charge in [-0.15, -0.1) is 0 Å². The van der Waals surface area contributed by atoms with Crippen LogP contribution in [-0.4, -0.2) is 11.9 Å². The van der Waals surface area contributed by atoms with Gasteiger partial charge in [-0.1, -0.05) is 41.5 Å². The zero-order chi connectivity index (χ0) is 11.4. The molecule has 1 aliphatic rings. The molecule has 1 fully saturated rings. The lowest BCUT2D eigenvalue weighted by Gasteiger charge is -2.25. The van der Waals surface area contributed by atoms with E-state index in [1.54, 1.807) is 0 Å². The summed E-state index contributed by atoms with van der Waals surface area (Å²) in [5.74, 6) is 0.322. The second-order valence-corrected chi connectivity index (χ2v) is 4.87. The lowest BCUT2D eigenvalue weighted by atomic mass is 9.81. The topological polar surface area (TPSA) is 29.1 Å². The van der Waals surface area contributed by atoms with Crippen LogP contribution in [0.5, 0.6) is 0 Å². The molecule has 0 saturated heterocycles. The number of hydrogen-bond donors (Lipinski definition) is 1. The molecule has 0 radical (unpaired) electrons. The van der Waals surface area contributed by atoms with Crippen LogP contribution >= 0.6 is 0 Å². The minimum atomic E-state index is 0.0823. The summed E-state index contributed by atoms with van der Waals surface area (Å²) in [7, 11) is 0. The zero-order valence-electron chi connectivity index (χ0n) is 10.5. The first-order valence-corrected chi connectivity index (χ1v) is 5.71. The highest BCUT2D eigenvalue weighted by molar-refractivity contribution is 5.79. The Morgan fingerprint density at radius 2 is 1.71 bits per heavy atom. The van der Waals surface area contributed by atoms with E-state index in [1.807, 2.05) is 20.8 Å². The lowest BCUT2D eigenvalue weighted by molar-refractivity contribution is -0.127. The molecular formula is C12H25NO. The number of hydrogen-bond acceptors (Lipinski definition) is 1. The van der Waals surface area contributed by atoms with E-state index in [-0.39, 0.29) is 17.2 Å². The van der Waals surface area contributed by atoms with Crippen molar-refractivity contribution in [3.05, 3.63) is 0 Å². The van der Waals surface area contributed by atoms with E-state index < -0.39 is 0 Å². The fraction of sp³-hybridized carbons (Fsp3) is 0.917. The summed E-state index contributed by atoms with van der Waals surface area (Å²) in [4.78, 5) is 11.5. The van der Waals surface area contributed by atoms with Crippen LogP contribution in [0.2, 0.25) is 0 Å². The van der Waals surface area contributed by atoms with Gasteiger partial charge in [0.15, 0.2) is 0 Å². The first kappa shape index (κ1) is 13.5. The van der Waals surface area contributed by atoms with E-state index in [1.165, 1.54) is 12.8 Å². The Balaban J connectivity index is 0.000000791. The van der Waals surface area contributed by atoms with Crippen molar-refractivity contribution < 1.29 is 4.79 Å². The van der Waals surface area contributed by atoms with E-state index in [0.29, 0.717) is 6.04 Å². The van der Waals surface area contributed by atoms with Crippen molar-refractivity contribution in [3.8, 4) is 0 Å². The van der Waals surface area contributed by atoms with Crippen LogP contribution in [-0.2, 0) is 4.79 Å². The highest BCUT2D eigenvalue weighted by atomic mass is 16.2. The van der Waals surface area contributed by atoms with Crippen molar-refractivity contribution in [2.75, 3.05) is 0 Å². The van der Waals surface area contributed by atoms with Gasteiger partial charge < -0.3 is 5.32 Å². The third-order valence-electron chi connectivity index (χ3n) is 2.62. The Labute approximate surface area is 88.5 Å². The first-order chi connectivity index (χ1) is 6.41. The molecule has 1 N–H and O–H groups in total. The van der Waals surface area contributed by atoms with Gasteiger partial charge in [-0.05, 0) is 18.3 Å². The van der Waals surface area contributed by atoms with Crippen molar-refractivity contribution in [2.24, 2.45) is 11.3 Å². The molecule has 1 rings (SSSR count). The molecule has 1 amide bonds. The van der Waals surface area contributed by atoms with E-state index >= 15 is 0 Å². The van der Waals surface area contributed by atoms with E-state index in [0.717, 1.165) is 0 Å². The van der Waals surface area contributed by atoms with Crippen molar-refractivity contribution >= 4 is 5.91 Å². The van der Waals surface area contributed by atoms with Gasteiger partial charge in [0, 0.05) is 12.0 Å². The van der Waals surface area contributed by atoms with Crippen LogP contribution in [0.4, 0.5) is 0 Å². The monoisotopic (exact) mass is 199 g/mol. The zero-order valence-corrected chi connectivity index (χ0v) is 10.5. The van der Waals surface area contributed by atoms with Crippen LogP contribution in [0.15, 0.2) is 0 Å². The van der Waals surface area contributed by atoms with Crippen LogP contribution in [0.3, 0.4) is 0 Å². The van der Waals surface area contributed by atoms with E-state index in [9.17, 15) is 4.79 Å². The number of carbonyl (C=O) groups is 1. The molecule has 1 unspecified atom stereocenters. The minimum Gasteiger partial charge on any atom is -0.353 e. The van der Waals surface area contributed by atoms with Gasteiger partial charge >= 0.3 is 0 Å². The van der Waals surface area contributed by atoms with E-state index in [2.05, 4.69) is 26.1 Å². The molecule has 0 bridgehead atoms. The number of rotatable bonds is 2. The predicted octanol–water partition coefficient (Wildman–Crippen LogP) is 2.97. The maximum absolute atomic E-state index is 11.5. The summed E-state index contributed by atoms with van der Waals surface area (Å²) in [6.07, 6.45) is 2.34. The molecule has 0 aromatic rings. The van der Waals surface area contributed by atoms with Crippen molar-refractivity contribution in [2.45, 2.75) is 60.4 Å². The average molecular weight is 199 g/mol. The average Bonchev–Trinajstić information content (AvgIpc) is 2.89. The van der Waals surface area contributed by atoms with E-state index in [4.69, 9.17) is 0 Å². The van der Waals surface area contributed by atoms with Gasteiger partial charge in [-0.25, -0.2) is 0 Å². The molecule has 1 atom stereocenters. The summed E-state index contributed by atoms with van der Waals surface area (Å²) in [5, 5.41) is 3.02. The van der Waals surface area contributed by atoms with Crippen molar-refractivity contribution in [1.82, 2.24) is 5.32 Å². The molecule has 1 aliphatic carbocycles.